The Labute approximate surface area is 104 Å². The van der Waals surface area contributed by atoms with E-state index in [0.717, 1.165) is 5.56 Å². The Bertz CT molecular complexity index is 590. The molecule has 2 aromatic rings. The van der Waals surface area contributed by atoms with Gasteiger partial charge in [0.25, 0.3) is 0 Å². The lowest BCUT2D eigenvalue weighted by Crippen LogP contribution is -1.96. The van der Waals surface area contributed by atoms with Crippen molar-refractivity contribution in [2.75, 3.05) is 0 Å². The predicted molar refractivity (Wildman–Crippen MR) is 64.8 cm³/mol. The second-order valence-corrected chi connectivity index (χ2v) is 3.89. The van der Waals surface area contributed by atoms with Crippen LogP contribution in [0.25, 0.3) is 0 Å². The molecule has 18 heavy (non-hydrogen) atoms. The Hall–Kier alpha value is -2.49. The molecule has 4 heteroatoms. The van der Waals surface area contributed by atoms with Crippen LogP contribution in [-0.2, 0) is 5.11 Å². The fourth-order valence-electron chi connectivity index (χ4n) is 1.53. The van der Waals surface area contributed by atoms with Crippen LogP contribution in [0.2, 0.25) is 0 Å². The Balaban J connectivity index is 2.33. The number of ether oxygens (including phenoxy) is 1. The summed E-state index contributed by atoms with van der Waals surface area (Å²) in [5.41, 5.74) is 1.02. The highest BCUT2D eigenvalue weighted by Crippen LogP contribution is 2.32. The van der Waals surface area contributed by atoms with E-state index < -0.39 is 5.97 Å². The standard InChI is InChI=1S/C14H11O4/c1-9-3-2-4-11(7-9)18-13-8-10(14(16)17)5-6-12(13)15/h2-8H,1H3,(H,16,17). The van der Waals surface area contributed by atoms with Crippen LogP contribution in [0.15, 0.2) is 42.5 Å². The van der Waals surface area contributed by atoms with Crippen molar-refractivity contribution in [2.24, 2.45) is 0 Å². The molecular formula is C14H11O4. The summed E-state index contributed by atoms with van der Waals surface area (Å²) in [7, 11) is 0. The van der Waals surface area contributed by atoms with Gasteiger partial charge in [-0.3, -0.25) is 5.11 Å². The number of hydrogen-bond acceptors (Lipinski definition) is 2. The maximum absolute atomic E-state index is 11.6. The van der Waals surface area contributed by atoms with Gasteiger partial charge in [0.2, 0.25) is 5.75 Å². The second-order valence-electron chi connectivity index (χ2n) is 3.89. The van der Waals surface area contributed by atoms with Crippen molar-refractivity contribution in [1.82, 2.24) is 0 Å². The van der Waals surface area contributed by atoms with Gasteiger partial charge in [-0.05, 0) is 42.8 Å². The van der Waals surface area contributed by atoms with Crippen molar-refractivity contribution in [1.29, 1.82) is 0 Å². The number of aryl methyl sites for hydroxylation is 1. The molecule has 0 heterocycles. The van der Waals surface area contributed by atoms with Crippen LogP contribution >= 0.6 is 0 Å². The molecule has 4 nitrogen and oxygen atoms in total. The van der Waals surface area contributed by atoms with Gasteiger partial charge in [-0.25, -0.2) is 4.79 Å². The van der Waals surface area contributed by atoms with E-state index in [1.165, 1.54) is 18.2 Å². The average molecular weight is 243 g/mol. The van der Waals surface area contributed by atoms with Crippen molar-refractivity contribution in [2.45, 2.75) is 6.92 Å². The van der Waals surface area contributed by atoms with E-state index in [2.05, 4.69) is 0 Å². The van der Waals surface area contributed by atoms with E-state index in [-0.39, 0.29) is 17.1 Å². The third kappa shape index (κ3) is 2.60. The molecule has 2 rings (SSSR count). The summed E-state index contributed by atoms with van der Waals surface area (Å²) in [6.07, 6.45) is 0. The molecule has 0 aliphatic rings. The summed E-state index contributed by atoms with van der Waals surface area (Å²) in [6, 6.07) is 10.9. The number of hydrogen-bond donors (Lipinski definition) is 1. The largest absolute Gasteiger partial charge is 0.478 e. The number of aromatic carboxylic acids is 1. The Kier molecular flexibility index (Phi) is 3.19. The van der Waals surface area contributed by atoms with Gasteiger partial charge in [0, 0.05) is 0 Å². The molecule has 91 valence electrons. The van der Waals surface area contributed by atoms with Crippen LogP contribution in [0.1, 0.15) is 15.9 Å². The fourth-order valence-corrected chi connectivity index (χ4v) is 1.53. The van der Waals surface area contributed by atoms with Gasteiger partial charge in [0.1, 0.15) is 5.75 Å². The van der Waals surface area contributed by atoms with Crippen molar-refractivity contribution < 1.29 is 19.7 Å². The van der Waals surface area contributed by atoms with Crippen molar-refractivity contribution in [3.05, 3.63) is 53.6 Å². The first-order chi connectivity index (χ1) is 8.56. The van der Waals surface area contributed by atoms with E-state index in [4.69, 9.17) is 9.84 Å². The van der Waals surface area contributed by atoms with E-state index in [9.17, 15) is 9.90 Å². The highest BCUT2D eigenvalue weighted by atomic mass is 16.5. The van der Waals surface area contributed by atoms with Gasteiger partial charge in [-0.15, -0.1) is 0 Å². The molecule has 0 amide bonds. The molecule has 0 unspecified atom stereocenters. The highest BCUT2D eigenvalue weighted by Gasteiger charge is 2.11. The van der Waals surface area contributed by atoms with Gasteiger partial charge in [0.05, 0.1) is 5.56 Å². The van der Waals surface area contributed by atoms with Crippen LogP contribution in [-0.4, -0.2) is 11.1 Å². The lowest BCUT2D eigenvalue weighted by molar-refractivity contribution is 0.0696. The number of carboxylic acids is 1. The zero-order chi connectivity index (χ0) is 13.1. The number of benzene rings is 2. The molecule has 0 saturated heterocycles. The van der Waals surface area contributed by atoms with Gasteiger partial charge in [-0.2, -0.15) is 0 Å². The summed E-state index contributed by atoms with van der Waals surface area (Å²) in [4.78, 5) is 10.8. The van der Waals surface area contributed by atoms with Crippen molar-refractivity contribution in [3.8, 4) is 17.2 Å². The zero-order valence-corrected chi connectivity index (χ0v) is 9.71. The van der Waals surface area contributed by atoms with Crippen LogP contribution in [0.5, 0.6) is 17.2 Å². The van der Waals surface area contributed by atoms with E-state index in [0.29, 0.717) is 5.75 Å². The van der Waals surface area contributed by atoms with Crippen LogP contribution in [0.3, 0.4) is 0 Å². The number of carboxylic acid groups (broad SMARTS) is 1. The van der Waals surface area contributed by atoms with E-state index in [1.807, 2.05) is 13.0 Å². The first-order valence-electron chi connectivity index (χ1n) is 5.35. The molecule has 0 spiro atoms. The second kappa shape index (κ2) is 4.79. The van der Waals surface area contributed by atoms with E-state index >= 15 is 0 Å². The summed E-state index contributed by atoms with van der Waals surface area (Å²) >= 11 is 0. The average Bonchev–Trinajstić information content (AvgIpc) is 2.31. The van der Waals surface area contributed by atoms with E-state index in [1.54, 1.807) is 18.2 Å². The third-order valence-electron chi connectivity index (χ3n) is 2.41. The molecule has 2 aromatic carbocycles. The molecule has 0 aliphatic heterocycles. The summed E-state index contributed by atoms with van der Waals surface area (Å²) in [5.74, 6) is -0.916. The maximum atomic E-state index is 11.6. The first-order valence-corrected chi connectivity index (χ1v) is 5.35. The van der Waals surface area contributed by atoms with Gasteiger partial charge in [-0.1, -0.05) is 12.1 Å². The third-order valence-corrected chi connectivity index (χ3v) is 2.41. The molecule has 0 bridgehead atoms. The monoisotopic (exact) mass is 243 g/mol. The maximum Gasteiger partial charge on any atom is 0.335 e. The molecule has 0 fully saturated rings. The number of rotatable bonds is 3. The minimum absolute atomic E-state index is 0.0144. The SMILES string of the molecule is Cc1cccc(Oc2cc(C(=O)O)ccc2[O])c1. The summed E-state index contributed by atoms with van der Waals surface area (Å²) in [5, 5.41) is 20.4. The quantitative estimate of drug-likeness (QED) is 0.895. The Morgan fingerprint density at radius 1 is 1.17 bits per heavy atom. The molecule has 0 aromatic heterocycles. The Morgan fingerprint density at radius 3 is 2.61 bits per heavy atom. The predicted octanol–water partition coefficient (Wildman–Crippen LogP) is 3.63. The summed E-state index contributed by atoms with van der Waals surface area (Å²) in [6.45, 7) is 1.90. The van der Waals surface area contributed by atoms with Crippen molar-refractivity contribution >= 4 is 5.97 Å². The molecular weight excluding hydrogens is 232 g/mol. The molecule has 1 N–H and O–H groups in total. The number of carbonyl (C=O) groups is 1. The highest BCUT2D eigenvalue weighted by molar-refractivity contribution is 5.88. The fraction of sp³-hybridized carbons (Fsp3) is 0.0714. The molecule has 1 radical (unpaired) electrons. The zero-order valence-electron chi connectivity index (χ0n) is 9.71. The van der Waals surface area contributed by atoms with Crippen LogP contribution in [0.4, 0.5) is 0 Å². The minimum atomic E-state index is -1.09. The van der Waals surface area contributed by atoms with Gasteiger partial charge in [0.15, 0.2) is 5.75 Å². The molecule has 0 saturated carbocycles. The van der Waals surface area contributed by atoms with Gasteiger partial charge >= 0.3 is 5.97 Å². The first kappa shape index (κ1) is 12.0. The van der Waals surface area contributed by atoms with Crippen LogP contribution < -0.4 is 4.74 Å². The minimum Gasteiger partial charge on any atom is -0.478 e. The normalized spacial score (nSPS) is 10.1. The van der Waals surface area contributed by atoms with Crippen LogP contribution in [0, 0.1) is 6.92 Å². The Morgan fingerprint density at radius 2 is 1.94 bits per heavy atom. The molecule has 0 aliphatic carbocycles. The summed E-state index contributed by atoms with van der Waals surface area (Å²) < 4.78 is 5.40. The molecule has 0 atom stereocenters. The van der Waals surface area contributed by atoms with Crippen molar-refractivity contribution in [3.63, 3.8) is 0 Å². The topological polar surface area (TPSA) is 66.4 Å². The lowest BCUT2D eigenvalue weighted by Gasteiger charge is -2.07. The smallest absolute Gasteiger partial charge is 0.335 e. The lowest BCUT2D eigenvalue weighted by atomic mass is 10.2. The van der Waals surface area contributed by atoms with Gasteiger partial charge < -0.3 is 9.84 Å².